The molecule has 3 rings (SSSR count). The summed E-state index contributed by atoms with van der Waals surface area (Å²) in [5.74, 6) is 0.492. The predicted octanol–water partition coefficient (Wildman–Crippen LogP) is 3.44. The number of benzene rings is 1. The van der Waals surface area contributed by atoms with Crippen LogP contribution in [0, 0.1) is 0 Å². The van der Waals surface area contributed by atoms with Gasteiger partial charge in [-0.3, -0.25) is 9.59 Å². The molecule has 0 aliphatic heterocycles. The zero-order chi connectivity index (χ0) is 19.1. The van der Waals surface area contributed by atoms with Gasteiger partial charge in [0, 0.05) is 23.5 Å². The minimum atomic E-state index is -0.284. The van der Waals surface area contributed by atoms with Gasteiger partial charge in [0.2, 0.25) is 5.91 Å². The van der Waals surface area contributed by atoms with E-state index in [2.05, 4.69) is 31.7 Å². The Morgan fingerprint density at radius 3 is 2.70 bits per heavy atom. The fraction of sp³-hybridized carbons (Fsp3) is 0.211. The van der Waals surface area contributed by atoms with Crippen molar-refractivity contribution in [1.29, 1.82) is 0 Å². The Labute approximate surface area is 164 Å². The zero-order valence-corrected chi connectivity index (χ0v) is 16.1. The number of hydrogen-bond acceptors (Lipinski definition) is 4. The molecule has 0 bridgehead atoms. The highest BCUT2D eigenvalue weighted by atomic mass is 79.9. The Hall–Kier alpha value is -2.87. The van der Waals surface area contributed by atoms with E-state index in [4.69, 9.17) is 4.42 Å². The highest BCUT2D eigenvalue weighted by Crippen LogP contribution is 2.14. The fourth-order valence-electron chi connectivity index (χ4n) is 2.48. The van der Waals surface area contributed by atoms with E-state index in [1.165, 1.54) is 6.26 Å². The molecule has 0 saturated heterocycles. The number of amides is 2. The van der Waals surface area contributed by atoms with Crippen molar-refractivity contribution >= 4 is 33.6 Å². The molecule has 7 nitrogen and oxygen atoms in total. The molecule has 0 saturated carbocycles. The largest absolute Gasteiger partial charge is 0.459 e. The average Bonchev–Trinajstić information content (AvgIpc) is 3.33. The number of anilines is 1. The number of halogens is 1. The van der Waals surface area contributed by atoms with Crippen LogP contribution in [0.15, 0.2) is 63.8 Å². The number of carbonyl (C=O) groups excluding carboxylic acids is 2. The number of nitrogens with one attached hydrogen (secondary N) is 2. The SMILES string of the molecule is O=C(CCCNC(=O)c1ccco1)Nc1ccnn1Cc1ccc(Br)cc1. The van der Waals surface area contributed by atoms with Crippen molar-refractivity contribution in [3.8, 4) is 0 Å². The van der Waals surface area contributed by atoms with E-state index in [9.17, 15) is 9.59 Å². The zero-order valence-electron chi connectivity index (χ0n) is 14.5. The Morgan fingerprint density at radius 1 is 1.15 bits per heavy atom. The molecule has 0 atom stereocenters. The molecule has 2 aromatic heterocycles. The summed E-state index contributed by atoms with van der Waals surface area (Å²) < 4.78 is 7.76. The quantitative estimate of drug-likeness (QED) is 0.535. The van der Waals surface area contributed by atoms with Gasteiger partial charge >= 0.3 is 0 Å². The topological polar surface area (TPSA) is 89.2 Å². The molecule has 2 N–H and O–H groups in total. The van der Waals surface area contributed by atoms with Gasteiger partial charge in [0.25, 0.3) is 5.91 Å². The lowest BCUT2D eigenvalue weighted by Gasteiger charge is -2.09. The maximum Gasteiger partial charge on any atom is 0.286 e. The number of nitrogens with zero attached hydrogens (tertiary/aromatic N) is 2. The number of aromatic nitrogens is 2. The number of hydrogen-bond donors (Lipinski definition) is 2. The van der Waals surface area contributed by atoms with E-state index in [0.717, 1.165) is 10.0 Å². The summed E-state index contributed by atoms with van der Waals surface area (Å²) in [6, 6.07) is 12.9. The van der Waals surface area contributed by atoms with Gasteiger partial charge in [0.05, 0.1) is 19.0 Å². The van der Waals surface area contributed by atoms with Crippen LogP contribution in [-0.2, 0) is 11.3 Å². The first kappa shape index (κ1) is 18.9. The van der Waals surface area contributed by atoms with Gasteiger partial charge in [0.15, 0.2) is 5.76 Å². The molecule has 0 spiro atoms. The summed E-state index contributed by atoms with van der Waals surface area (Å²) in [5.41, 5.74) is 1.08. The average molecular weight is 431 g/mol. The van der Waals surface area contributed by atoms with Crippen LogP contribution in [0.4, 0.5) is 5.82 Å². The molecule has 0 unspecified atom stereocenters. The lowest BCUT2D eigenvalue weighted by atomic mass is 10.2. The summed E-state index contributed by atoms with van der Waals surface area (Å²) in [4.78, 5) is 23.9. The lowest BCUT2D eigenvalue weighted by Crippen LogP contribution is -2.25. The molecule has 140 valence electrons. The maximum atomic E-state index is 12.1. The Bertz CT molecular complexity index is 888. The van der Waals surface area contributed by atoms with Crippen molar-refractivity contribution in [2.75, 3.05) is 11.9 Å². The molecule has 3 aromatic rings. The first-order chi connectivity index (χ1) is 13.1. The molecule has 8 heteroatoms. The normalized spacial score (nSPS) is 10.6. The molecular weight excluding hydrogens is 412 g/mol. The van der Waals surface area contributed by atoms with Crippen LogP contribution in [0.1, 0.15) is 29.0 Å². The van der Waals surface area contributed by atoms with Crippen molar-refractivity contribution < 1.29 is 14.0 Å². The van der Waals surface area contributed by atoms with Gasteiger partial charge in [-0.25, -0.2) is 4.68 Å². The van der Waals surface area contributed by atoms with Gasteiger partial charge < -0.3 is 15.1 Å². The monoisotopic (exact) mass is 430 g/mol. The third kappa shape index (κ3) is 5.55. The van der Waals surface area contributed by atoms with Gasteiger partial charge in [-0.2, -0.15) is 5.10 Å². The molecule has 1 aromatic carbocycles. The summed E-state index contributed by atoms with van der Waals surface area (Å²) >= 11 is 3.41. The van der Waals surface area contributed by atoms with Crippen molar-refractivity contribution in [2.24, 2.45) is 0 Å². The second-order valence-corrected chi connectivity index (χ2v) is 6.80. The fourth-order valence-corrected chi connectivity index (χ4v) is 2.74. The van der Waals surface area contributed by atoms with Crippen molar-refractivity contribution in [2.45, 2.75) is 19.4 Å². The van der Waals surface area contributed by atoms with Crippen LogP contribution in [0.2, 0.25) is 0 Å². The summed E-state index contributed by atoms with van der Waals surface area (Å²) in [6.07, 6.45) is 3.92. The molecule has 0 radical (unpaired) electrons. The highest BCUT2D eigenvalue weighted by Gasteiger charge is 2.10. The standard InChI is InChI=1S/C19H19BrN4O3/c20-15-7-5-14(6-8-15)13-24-17(9-11-22-24)23-18(25)4-1-10-21-19(26)16-3-2-12-27-16/h2-3,5-9,11-12H,1,4,10,13H2,(H,21,26)(H,23,25). The predicted molar refractivity (Wildman–Crippen MR) is 104 cm³/mol. The van der Waals surface area contributed by atoms with Crippen LogP contribution >= 0.6 is 15.9 Å². The molecule has 0 aliphatic carbocycles. The van der Waals surface area contributed by atoms with E-state index >= 15 is 0 Å². The minimum absolute atomic E-state index is 0.125. The van der Waals surface area contributed by atoms with Crippen LogP contribution in [0.5, 0.6) is 0 Å². The van der Waals surface area contributed by atoms with Crippen LogP contribution in [-0.4, -0.2) is 28.1 Å². The molecule has 2 amide bonds. The molecular formula is C19H19BrN4O3. The highest BCUT2D eigenvalue weighted by molar-refractivity contribution is 9.10. The maximum absolute atomic E-state index is 12.1. The van der Waals surface area contributed by atoms with Crippen molar-refractivity contribution in [3.63, 3.8) is 0 Å². The third-order valence-electron chi connectivity index (χ3n) is 3.84. The van der Waals surface area contributed by atoms with E-state index in [-0.39, 0.29) is 17.6 Å². The number of rotatable bonds is 8. The molecule has 2 heterocycles. The van der Waals surface area contributed by atoms with Gasteiger partial charge in [-0.05, 0) is 36.2 Å². The van der Waals surface area contributed by atoms with E-state index in [1.807, 2.05) is 24.3 Å². The van der Waals surface area contributed by atoms with Gasteiger partial charge in [-0.15, -0.1) is 0 Å². The van der Waals surface area contributed by atoms with E-state index in [0.29, 0.717) is 31.7 Å². The molecule has 0 fully saturated rings. The third-order valence-corrected chi connectivity index (χ3v) is 4.37. The lowest BCUT2D eigenvalue weighted by molar-refractivity contribution is -0.116. The van der Waals surface area contributed by atoms with Gasteiger partial charge in [-0.1, -0.05) is 28.1 Å². The number of furan rings is 1. The first-order valence-corrected chi connectivity index (χ1v) is 9.29. The van der Waals surface area contributed by atoms with Gasteiger partial charge in [0.1, 0.15) is 5.82 Å². The van der Waals surface area contributed by atoms with Crippen LogP contribution < -0.4 is 10.6 Å². The Morgan fingerprint density at radius 2 is 1.96 bits per heavy atom. The van der Waals surface area contributed by atoms with Crippen molar-refractivity contribution in [1.82, 2.24) is 15.1 Å². The second-order valence-electron chi connectivity index (χ2n) is 5.89. The Balaban J connectivity index is 1.44. The number of carbonyl (C=O) groups is 2. The Kier molecular flexibility index (Phi) is 6.43. The summed E-state index contributed by atoms with van der Waals surface area (Å²) in [7, 11) is 0. The summed E-state index contributed by atoms with van der Waals surface area (Å²) in [6.45, 7) is 0.959. The van der Waals surface area contributed by atoms with E-state index < -0.39 is 0 Å². The minimum Gasteiger partial charge on any atom is -0.459 e. The molecule has 27 heavy (non-hydrogen) atoms. The first-order valence-electron chi connectivity index (χ1n) is 8.49. The van der Waals surface area contributed by atoms with Crippen LogP contribution in [0.25, 0.3) is 0 Å². The van der Waals surface area contributed by atoms with Crippen molar-refractivity contribution in [3.05, 3.63) is 70.7 Å². The molecule has 0 aliphatic rings. The second kappa shape index (κ2) is 9.18. The van der Waals surface area contributed by atoms with Crippen LogP contribution in [0.3, 0.4) is 0 Å². The summed E-state index contributed by atoms with van der Waals surface area (Å²) in [5, 5.41) is 9.83. The van der Waals surface area contributed by atoms with E-state index in [1.54, 1.807) is 29.1 Å². The smallest absolute Gasteiger partial charge is 0.286 e.